The molecule has 27 heavy (non-hydrogen) atoms. The molecule has 0 spiro atoms. The number of furan rings is 1. The van der Waals surface area contributed by atoms with Crippen LogP contribution in [0.5, 0.6) is 0 Å². The summed E-state index contributed by atoms with van der Waals surface area (Å²) in [6.45, 7) is 1.12. The number of hydrogen-bond donors (Lipinski definition) is 1. The highest BCUT2D eigenvalue weighted by atomic mass is 19.4. The maximum Gasteiger partial charge on any atom is 0.416 e. The van der Waals surface area contributed by atoms with Gasteiger partial charge in [0, 0.05) is 25.6 Å². The van der Waals surface area contributed by atoms with Crippen molar-refractivity contribution in [2.45, 2.75) is 25.6 Å². The number of piperidine rings is 1. The van der Waals surface area contributed by atoms with Crippen LogP contribution < -0.4 is 5.32 Å². The second kappa shape index (κ2) is 7.85. The van der Waals surface area contributed by atoms with Crippen molar-refractivity contribution < 1.29 is 27.2 Å². The zero-order valence-electron chi connectivity index (χ0n) is 14.5. The van der Waals surface area contributed by atoms with Gasteiger partial charge in [-0.25, -0.2) is 0 Å². The van der Waals surface area contributed by atoms with Crippen LogP contribution in [0.15, 0.2) is 47.3 Å². The third kappa shape index (κ3) is 4.69. The minimum Gasteiger partial charge on any atom is -0.472 e. The number of hydrogen-bond acceptors (Lipinski definition) is 3. The van der Waals surface area contributed by atoms with Crippen LogP contribution in [0.1, 0.15) is 34.3 Å². The Morgan fingerprint density at radius 1 is 1.11 bits per heavy atom. The van der Waals surface area contributed by atoms with Gasteiger partial charge in [-0.05, 0) is 36.6 Å². The number of amides is 2. The number of alkyl halides is 3. The molecule has 0 aliphatic carbocycles. The average Bonchev–Trinajstić information content (AvgIpc) is 3.20. The summed E-state index contributed by atoms with van der Waals surface area (Å²) in [5.74, 6) is -0.481. The highest BCUT2D eigenvalue weighted by molar-refractivity contribution is 5.94. The molecule has 1 aliphatic heterocycles. The van der Waals surface area contributed by atoms with Crippen molar-refractivity contribution in [3.63, 3.8) is 0 Å². The topological polar surface area (TPSA) is 62.6 Å². The average molecular weight is 380 g/mol. The Kier molecular flexibility index (Phi) is 5.53. The first-order valence-electron chi connectivity index (χ1n) is 8.60. The van der Waals surface area contributed by atoms with Crippen molar-refractivity contribution >= 4 is 11.8 Å². The van der Waals surface area contributed by atoms with Gasteiger partial charge in [0.2, 0.25) is 5.91 Å². The summed E-state index contributed by atoms with van der Waals surface area (Å²) >= 11 is 0. The monoisotopic (exact) mass is 380 g/mol. The van der Waals surface area contributed by atoms with E-state index in [0.29, 0.717) is 37.1 Å². The lowest BCUT2D eigenvalue weighted by Gasteiger charge is -2.31. The molecule has 1 N–H and O–H groups in total. The van der Waals surface area contributed by atoms with Gasteiger partial charge in [0.05, 0.1) is 17.4 Å². The summed E-state index contributed by atoms with van der Waals surface area (Å²) < 4.78 is 42.6. The molecule has 1 fully saturated rings. The molecule has 2 amide bonds. The Labute approximate surface area is 154 Å². The molecule has 0 bridgehead atoms. The fraction of sp³-hybridized carbons (Fsp3) is 0.368. The Hall–Kier alpha value is -2.77. The Morgan fingerprint density at radius 3 is 2.33 bits per heavy atom. The number of carbonyl (C=O) groups is 2. The van der Waals surface area contributed by atoms with Gasteiger partial charge in [-0.15, -0.1) is 0 Å². The number of benzene rings is 1. The molecule has 1 aromatic carbocycles. The van der Waals surface area contributed by atoms with Crippen LogP contribution in [0.4, 0.5) is 13.2 Å². The Balaban J connectivity index is 1.46. The van der Waals surface area contributed by atoms with E-state index in [2.05, 4.69) is 5.32 Å². The van der Waals surface area contributed by atoms with E-state index in [0.717, 1.165) is 12.1 Å². The van der Waals surface area contributed by atoms with Gasteiger partial charge in [0.25, 0.3) is 5.91 Å². The Morgan fingerprint density at radius 2 is 1.78 bits per heavy atom. The van der Waals surface area contributed by atoms with Gasteiger partial charge in [-0.2, -0.15) is 13.2 Å². The summed E-state index contributed by atoms with van der Waals surface area (Å²) in [5, 5.41) is 2.76. The highest BCUT2D eigenvalue weighted by Gasteiger charge is 2.30. The standard InChI is InChI=1S/C19H19F3N2O3/c20-19(21,22)16-3-1-13(2-4-16)11-23-17(25)14-5-8-24(9-6-14)18(26)15-7-10-27-12-15/h1-4,7,10,12,14H,5-6,8-9,11H2,(H,23,25). The van der Waals surface area contributed by atoms with Crippen molar-refractivity contribution in [3.05, 3.63) is 59.5 Å². The van der Waals surface area contributed by atoms with E-state index in [1.165, 1.54) is 24.7 Å². The first kappa shape index (κ1) is 19.0. The third-order valence-electron chi connectivity index (χ3n) is 4.67. The van der Waals surface area contributed by atoms with Crippen LogP contribution in [0.3, 0.4) is 0 Å². The number of halogens is 3. The quantitative estimate of drug-likeness (QED) is 0.884. The minimum absolute atomic E-state index is 0.118. The lowest BCUT2D eigenvalue weighted by Crippen LogP contribution is -2.42. The number of nitrogens with one attached hydrogen (secondary N) is 1. The molecule has 5 nitrogen and oxygen atoms in total. The van der Waals surface area contributed by atoms with Crippen LogP contribution in [-0.2, 0) is 17.5 Å². The molecule has 1 aliphatic rings. The molecule has 1 aromatic heterocycles. The molecule has 0 unspecified atom stereocenters. The predicted octanol–water partition coefficient (Wildman–Crippen LogP) is 3.47. The number of likely N-dealkylation sites (tertiary alicyclic amines) is 1. The zero-order chi connectivity index (χ0) is 19.4. The maximum atomic E-state index is 12.6. The molecular formula is C19H19F3N2O3. The summed E-state index contributed by atoms with van der Waals surface area (Å²) in [6.07, 6.45) is -0.450. The van der Waals surface area contributed by atoms with Gasteiger partial charge >= 0.3 is 6.18 Å². The van der Waals surface area contributed by atoms with Crippen molar-refractivity contribution in [1.29, 1.82) is 0 Å². The van der Waals surface area contributed by atoms with Crippen molar-refractivity contribution in [1.82, 2.24) is 10.2 Å². The van der Waals surface area contributed by atoms with E-state index in [9.17, 15) is 22.8 Å². The van der Waals surface area contributed by atoms with Crippen LogP contribution in [0.2, 0.25) is 0 Å². The van der Waals surface area contributed by atoms with Gasteiger partial charge in [-0.3, -0.25) is 9.59 Å². The molecule has 0 saturated carbocycles. The summed E-state index contributed by atoms with van der Waals surface area (Å²) in [5.41, 5.74) is 0.372. The zero-order valence-corrected chi connectivity index (χ0v) is 14.5. The largest absolute Gasteiger partial charge is 0.472 e. The minimum atomic E-state index is -4.37. The second-order valence-electron chi connectivity index (χ2n) is 6.49. The smallest absolute Gasteiger partial charge is 0.416 e. The number of rotatable bonds is 4. The number of nitrogens with zero attached hydrogens (tertiary/aromatic N) is 1. The van der Waals surface area contributed by atoms with Crippen LogP contribution in [0, 0.1) is 5.92 Å². The fourth-order valence-electron chi connectivity index (χ4n) is 3.06. The Bertz CT molecular complexity index is 778. The molecule has 3 rings (SSSR count). The summed E-state index contributed by atoms with van der Waals surface area (Å²) in [7, 11) is 0. The number of carbonyl (C=O) groups excluding carboxylic acids is 2. The van der Waals surface area contributed by atoms with Crippen molar-refractivity contribution in [2.75, 3.05) is 13.1 Å². The van der Waals surface area contributed by atoms with E-state index in [-0.39, 0.29) is 24.3 Å². The molecule has 2 heterocycles. The van der Waals surface area contributed by atoms with Gasteiger partial charge < -0.3 is 14.6 Å². The summed E-state index contributed by atoms with van der Waals surface area (Å²) in [6, 6.07) is 6.32. The normalized spacial score (nSPS) is 15.6. The maximum absolute atomic E-state index is 12.6. The molecule has 2 aromatic rings. The van der Waals surface area contributed by atoms with E-state index in [1.807, 2.05) is 0 Å². The SMILES string of the molecule is O=C(NCc1ccc(C(F)(F)F)cc1)C1CCN(C(=O)c2ccoc2)CC1. The molecule has 0 atom stereocenters. The lowest BCUT2D eigenvalue weighted by molar-refractivity contribution is -0.137. The summed E-state index contributed by atoms with van der Waals surface area (Å²) in [4.78, 5) is 26.2. The third-order valence-corrected chi connectivity index (χ3v) is 4.67. The van der Waals surface area contributed by atoms with Crippen LogP contribution in [0.25, 0.3) is 0 Å². The highest BCUT2D eigenvalue weighted by Crippen LogP contribution is 2.29. The lowest BCUT2D eigenvalue weighted by atomic mass is 9.95. The van der Waals surface area contributed by atoms with Gasteiger partial charge in [0.15, 0.2) is 0 Å². The molecule has 144 valence electrons. The van der Waals surface area contributed by atoms with Crippen LogP contribution >= 0.6 is 0 Å². The van der Waals surface area contributed by atoms with Gasteiger partial charge in [-0.1, -0.05) is 12.1 Å². The second-order valence-corrected chi connectivity index (χ2v) is 6.49. The van der Waals surface area contributed by atoms with E-state index in [1.54, 1.807) is 11.0 Å². The molecule has 0 radical (unpaired) electrons. The first-order valence-corrected chi connectivity index (χ1v) is 8.60. The van der Waals surface area contributed by atoms with Gasteiger partial charge in [0.1, 0.15) is 6.26 Å². The van der Waals surface area contributed by atoms with E-state index < -0.39 is 11.7 Å². The van der Waals surface area contributed by atoms with E-state index >= 15 is 0 Å². The van der Waals surface area contributed by atoms with Crippen molar-refractivity contribution in [2.24, 2.45) is 5.92 Å². The molecular weight excluding hydrogens is 361 g/mol. The van der Waals surface area contributed by atoms with Crippen molar-refractivity contribution in [3.8, 4) is 0 Å². The predicted molar refractivity (Wildman–Crippen MR) is 90.6 cm³/mol. The first-order chi connectivity index (χ1) is 12.8. The van der Waals surface area contributed by atoms with E-state index in [4.69, 9.17) is 4.42 Å². The molecule has 1 saturated heterocycles. The van der Waals surface area contributed by atoms with Crippen LogP contribution in [-0.4, -0.2) is 29.8 Å². The molecule has 8 heteroatoms. The fourth-order valence-corrected chi connectivity index (χ4v) is 3.06.